The molecule has 2 aromatic carbocycles. The van der Waals surface area contributed by atoms with Gasteiger partial charge < -0.3 is 30.8 Å². The fraction of sp³-hybridized carbons (Fsp3) is 0.0870. The van der Waals surface area contributed by atoms with Gasteiger partial charge in [-0.25, -0.2) is 9.59 Å². The number of nitrogens with two attached hydrogens (primary N) is 1. The van der Waals surface area contributed by atoms with Crippen LogP contribution in [0, 0.1) is 0 Å². The van der Waals surface area contributed by atoms with Gasteiger partial charge in [0.15, 0.2) is 6.61 Å². The molecule has 0 spiro atoms. The first-order valence-corrected chi connectivity index (χ1v) is 9.65. The Kier molecular flexibility index (Phi) is 5.63. The molecule has 0 aliphatic carbocycles. The van der Waals surface area contributed by atoms with E-state index in [1.54, 1.807) is 30.3 Å². The Balaban J connectivity index is 1.58. The van der Waals surface area contributed by atoms with Crippen LogP contribution in [-0.2, 0) is 14.3 Å². The molecule has 3 amide bonds. The van der Waals surface area contributed by atoms with Crippen LogP contribution in [0.3, 0.4) is 0 Å². The molecule has 4 rings (SSSR count). The number of fused-ring (bicyclic) bond motifs is 1. The lowest BCUT2D eigenvalue weighted by molar-refractivity contribution is -0.142. The predicted molar refractivity (Wildman–Crippen MR) is 120 cm³/mol. The van der Waals surface area contributed by atoms with E-state index in [9.17, 15) is 14.4 Å². The zero-order valence-corrected chi connectivity index (χ0v) is 17.1. The van der Waals surface area contributed by atoms with Crippen LogP contribution in [0.25, 0.3) is 22.8 Å². The van der Waals surface area contributed by atoms with Gasteiger partial charge in [0.05, 0.1) is 12.7 Å². The molecule has 1 aromatic heterocycles. The van der Waals surface area contributed by atoms with Crippen molar-refractivity contribution in [2.24, 2.45) is 5.73 Å². The molecule has 0 saturated heterocycles. The number of rotatable bonds is 6. The largest absolute Gasteiger partial charge is 0.482 e. The highest BCUT2D eigenvalue weighted by Crippen LogP contribution is 2.35. The minimum absolute atomic E-state index is 0.175. The lowest BCUT2D eigenvalue weighted by Gasteiger charge is -2.06. The number of anilines is 2. The van der Waals surface area contributed by atoms with Crippen LogP contribution in [0.15, 0.2) is 54.7 Å². The average Bonchev–Trinajstić information content (AvgIpc) is 3.37. The average molecular weight is 432 g/mol. The van der Waals surface area contributed by atoms with Gasteiger partial charge in [-0.2, -0.15) is 0 Å². The summed E-state index contributed by atoms with van der Waals surface area (Å²) in [4.78, 5) is 38.0. The summed E-state index contributed by atoms with van der Waals surface area (Å²) in [5, 5.41) is 5.31. The number of esters is 1. The molecule has 162 valence electrons. The molecule has 3 aromatic rings. The monoisotopic (exact) mass is 432 g/mol. The van der Waals surface area contributed by atoms with Gasteiger partial charge in [-0.3, -0.25) is 4.79 Å². The molecule has 1 aliphatic heterocycles. The number of primary amides is 1. The number of amides is 3. The number of benzene rings is 2. The van der Waals surface area contributed by atoms with E-state index < -0.39 is 12.0 Å². The molecular formula is C23H20N4O5. The molecule has 1 aliphatic rings. The Morgan fingerprint density at radius 3 is 2.75 bits per heavy atom. The first-order valence-electron chi connectivity index (χ1n) is 9.65. The number of ether oxygens (including phenoxy) is 2. The molecule has 0 unspecified atom stereocenters. The lowest BCUT2D eigenvalue weighted by atomic mass is 10.0. The third-order valence-electron chi connectivity index (χ3n) is 4.83. The number of aromatic amines is 1. The van der Waals surface area contributed by atoms with Crippen LogP contribution in [0.1, 0.15) is 11.3 Å². The van der Waals surface area contributed by atoms with Crippen molar-refractivity contribution < 1.29 is 23.9 Å². The Morgan fingerprint density at radius 2 is 1.97 bits per heavy atom. The Hall–Kier alpha value is -4.53. The van der Waals surface area contributed by atoms with E-state index in [-0.39, 0.29) is 12.5 Å². The molecule has 32 heavy (non-hydrogen) atoms. The maximum atomic E-state index is 12.5. The van der Waals surface area contributed by atoms with E-state index in [1.807, 2.05) is 30.5 Å². The molecule has 5 N–H and O–H groups in total. The number of urea groups is 1. The van der Waals surface area contributed by atoms with Gasteiger partial charge >= 0.3 is 12.0 Å². The van der Waals surface area contributed by atoms with Crippen LogP contribution in [0.5, 0.6) is 5.75 Å². The quantitative estimate of drug-likeness (QED) is 0.350. The van der Waals surface area contributed by atoms with Crippen LogP contribution >= 0.6 is 0 Å². The molecule has 0 fully saturated rings. The van der Waals surface area contributed by atoms with Crippen LogP contribution in [0.2, 0.25) is 0 Å². The fourth-order valence-electron chi connectivity index (χ4n) is 3.34. The Labute approximate surface area is 183 Å². The summed E-state index contributed by atoms with van der Waals surface area (Å²) in [6, 6.07) is 13.6. The molecule has 0 saturated carbocycles. The predicted octanol–water partition coefficient (Wildman–Crippen LogP) is 3.22. The van der Waals surface area contributed by atoms with E-state index in [4.69, 9.17) is 10.5 Å². The zero-order valence-electron chi connectivity index (χ0n) is 17.1. The van der Waals surface area contributed by atoms with E-state index in [0.717, 1.165) is 11.1 Å². The molecule has 9 heteroatoms. The second kappa shape index (κ2) is 8.68. The summed E-state index contributed by atoms with van der Waals surface area (Å²) < 4.78 is 10.0. The van der Waals surface area contributed by atoms with Gasteiger partial charge in [0.25, 0.3) is 5.91 Å². The highest BCUT2D eigenvalue weighted by atomic mass is 16.6. The minimum Gasteiger partial charge on any atom is -0.482 e. The van der Waals surface area contributed by atoms with E-state index in [1.165, 1.54) is 7.11 Å². The van der Waals surface area contributed by atoms with Gasteiger partial charge in [0, 0.05) is 28.8 Å². The number of carbonyl (C=O) groups excluding carboxylic acids is 3. The van der Waals surface area contributed by atoms with Crippen LogP contribution in [-0.4, -0.2) is 36.6 Å². The second-order valence-corrected chi connectivity index (χ2v) is 7.00. The topological polar surface area (TPSA) is 136 Å². The van der Waals surface area contributed by atoms with Gasteiger partial charge in [-0.15, -0.1) is 0 Å². The van der Waals surface area contributed by atoms with Crippen molar-refractivity contribution in [3.63, 3.8) is 0 Å². The molecule has 9 nitrogen and oxygen atoms in total. The van der Waals surface area contributed by atoms with Crippen molar-refractivity contribution in [3.8, 4) is 16.9 Å². The molecule has 0 radical (unpaired) electrons. The van der Waals surface area contributed by atoms with Gasteiger partial charge in [0.1, 0.15) is 5.75 Å². The molecule has 2 heterocycles. The van der Waals surface area contributed by atoms with Crippen molar-refractivity contribution in [1.29, 1.82) is 0 Å². The standard InChI is InChI=1S/C23H20N4O5/c1-31-21(28)12-32-17-4-2-3-13(8-17)14-7-16(25-11-14)10-19-18-9-15(26-23(24)30)5-6-20(18)27-22(19)29/h2-11,25H,12H2,1H3,(H,27,29)(H3,24,26,30)/b19-10-. The number of hydrogen-bond donors (Lipinski definition) is 4. The summed E-state index contributed by atoms with van der Waals surface area (Å²) in [7, 11) is 1.30. The molecule has 0 bridgehead atoms. The van der Waals surface area contributed by atoms with E-state index >= 15 is 0 Å². The fourth-order valence-corrected chi connectivity index (χ4v) is 3.34. The first kappa shape index (κ1) is 20.7. The Bertz CT molecular complexity index is 1240. The van der Waals surface area contributed by atoms with Crippen molar-refractivity contribution >= 4 is 40.9 Å². The number of methoxy groups -OCH3 is 1. The third kappa shape index (κ3) is 4.46. The van der Waals surface area contributed by atoms with E-state index in [2.05, 4.69) is 20.4 Å². The Morgan fingerprint density at radius 1 is 1.12 bits per heavy atom. The smallest absolute Gasteiger partial charge is 0.343 e. The number of hydrogen-bond acceptors (Lipinski definition) is 5. The van der Waals surface area contributed by atoms with Crippen LogP contribution < -0.4 is 21.1 Å². The number of H-pyrrole nitrogens is 1. The number of carbonyl (C=O) groups is 3. The third-order valence-corrected chi connectivity index (χ3v) is 4.83. The zero-order chi connectivity index (χ0) is 22.7. The van der Waals surface area contributed by atoms with Crippen molar-refractivity contribution in [3.05, 3.63) is 66.0 Å². The summed E-state index contributed by atoms with van der Waals surface area (Å²) in [6.07, 6.45) is 3.54. The number of aromatic nitrogens is 1. The second-order valence-electron chi connectivity index (χ2n) is 7.00. The van der Waals surface area contributed by atoms with Crippen molar-refractivity contribution in [2.45, 2.75) is 0 Å². The molecule has 0 atom stereocenters. The normalized spacial score (nSPS) is 13.4. The summed E-state index contributed by atoms with van der Waals surface area (Å²) >= 11 is 0. The van der Waals surface area contributed by atoms with Crippen molar-refractivity contribution in [1.82, 2.24) is 4.98 Å². The van der Waals surface area contributed by atoms with Gasteiger partial charge in [-0.05, 0) is 53.6 Å². The lowest BCUT2D eigenvalue weighted by Crippen LogP contribution is -2.19. The van der Waals surface area contributed by atoms with Crippen LogP contribution in [0.4, 0.5) is 16.2 Å². The molecular weight excluding hydrogens is 412 g/mol. The number of nitrogens with one attached hydrogen (secondary N) is 3. The maximum Gasteiger partial charge on any atom is 0.343 e. The van der Waals surface area contributed by atoms with E-state index in [0.29, 0.717) is 34.0 Å². The maximum absolute atomic E-state index is 12.5. The van der Waals surface area contributed by atoms with Crippen molar-refractivity contribution in [2.75, 3.05) is 24.4 Å². The summed E-state index contributed by atoms with van der Waals surface area (Å²) in [5.74, 6) is -0.173. The summed E-state index contributed by atoms with van der Waals surface area (Å²) in [5.41, 5.74) is 9.91. The highest BCUT2D eigenvalue weighted by molar-refractivity contribution is 6.35. The van der Waals surface area contributed by atoms with Gasteiger partial charge in [0.2, 0.25) is 0 Å². The summed E-state index contributed by atoms with van der Waals surface area (Å²) in [6.45, 7) is -0.175. The highest BCUT2D eigenvalue weighted by Gasteiger charge is 2.24. The van der Waals surface area contributed by atoms with Gasteiger partial charge in [-0.1, -0.05) is 12.1 Å². The minimum atomic E-state index is -0.681. The first-order chi connectivity index (χ1) is 15.4. The SMILES string of the molecule is COC(=O)COc1cccc(-c2c[nH]c(/C=C3\C(=O)Nc4ccc(NC(N)=O)cc43)c2)c1.